The van der Waals surface area contributed by atoms with E-state index in [4.69, 9.17) is 16.9 Å². The van der Waals surface area contributed by atoms with Crippen LogP contribution in [0.1, 0.15) is 28.8 Å². The van der Waals surface area contributed by atoms with Crippen LogP contribution in [-0.4, -0.2) is 4.98 Å². The van der Waals surface area contributed by atoms with Gasteiger partial charge in [0.05, 0.1) is 17.1 Å². The van der Waals surface area contributed by atoms with Crippen LogP contribution in [0.25, 0.3) is 0 Å². The Balaban J connectivity index is 3.45. The maximum Gasteiger partial charge on any atom is 0.265 e. The molecule has 0 aliphatic carbocycles. The summed E-state index contributed by atoms with van der Waals surface area (Å²) >= 11 is 5.48. The monoisotopic (exact) mass is 216 g/mol. The van der Waals surface area contributed by atoms with Crippen LogP contribution in [0.2, 0.25) is 0 Å². The second kappa shape index (κ2) is 4.34. The van der Waals surface area contributed by atoms with Gasteiger partial charge in [-0.1, -0.05) is 0 Å². The van der Waals surface area contributed by atoms with Gasteiger partial charge in [0, 0.05) is 11.8 Å². The third-order valence-corrected chi connectivity index (χ3v) is 2.11. The molecule has 0 saturated carbocycles. The summed E-state index contributed by atoms with van der Waals surface area (Å²) in [6.07, 6.45) is -1.37. The Labute approximate surface area is 85.1 Å². The lowest BCUT2D eigenvalue weighted by Gasteiger charge is -2.08. The van der Waals surface area contributed by atoms with Crippen LogP contribution in [-0.2, 0) is 5.88 Å². The van der Waals surface area contributed by atoms with Crippen LogP contribution < -0.4 is 0 Å². The van der Waals surface area contributed by atoms with E-state index in [0.717, 1.165) is 0 Å². The number of hydrogen-bond acceptors (Lipinski definition) is 2. The lowest BCUT2D eigenvalue weighted by Crippen LogP contribution is -2.01. The number of aromatic nitrogens is 1. The quantitative estimate of drug-likeness (QED) is 0.713. The lowest BCUT2D eigenvalue weighted by atomic mass is 10.0. The van der Waals surface area contributed by atoms with Crippen LogP contribution in [0.3, 0.4) is 0 Å². The fourth-order valence-electron chi connectivity index (χ4n) is 1.17. The zero-order chi connectivity index (χ0) is 10.7. The van der Waals surface area contributed by atoms with E-state index in [1.54, 1.807) is 6.07 Å². The molecule has 74 valence electrons. The normalized spacial score (nSPS) is 10.3. The topological polar surface area (TPSA) is 36.7 Å². The molecule has 1 aromatic heterocycles. The minimum absolute atomic E-state index is 0.0388. The molecule has 1 heterocycles. The molecule has 1 aromatic rings. The third kappa shape index (κ3) is 1.83. The highest BCUT2D eigenvalue weighted by Crippen LogP contribution is 2.27. The van der Waals surface area contributed by atoms with E-state index in [1.165, 1.54) is 13.1 Å². The summed E-state index contributed by atoms with van der Waals surface area (Å²) in [6, 6.07) is 1.71. The minimum Gasteiger partial charge on any atom is -0.258 e. The van der Waals surface area contributed by atoms with Crippen molar-refractivity contribution in [3.05, 3.63) is 28.6 Å². The molecule has 0 amide bonds. The van der Waals surface area contributed by atoms with E-state index in [9.17, 15) is 8.78 Å². The van der Waals surface area contributed by atoms with Gasteiger partial charge in [-0.3, -0.25) is 4.98 Å². The number of rotatable bonds is 2. The van der Waals surface area contributed by atoms with Crippen molar-refractivity contribution < 1.29 is 8.78 Å². The molecule has 0 fully saturated rings. The number of pyridine rings is 1. The van der Waals surface area contributed by atoms with Gasteiger partial charge in [-0.05, 0) is 12.5 Å². The standard InChI is InChI=1S/C9H7ClF2N2/c1-5-4-14-7(2-10)6(3-13)8(5)9(11)12/h4,9H,2H2,1H3. The minimum atomic E-state index is -2.67. The first-order valence-electron chi connectivity index (χ1n) is 3.84. The summed E-state index contributed by atoms with van der Waals surface area (Å²) < 4.78 is 25.1. The Morgan fingerprint density at radius 2 is 2.29 bits per heavy atom. The summed E-state index contributed by atoms with van der Waals surface area (Å²) in [6.45, 7) is 1.49. The molecular weight excluding hydrogens is 210 g/mol. The van der Waals surface area contributed by atoms with Crippen LogP contribution in [0.15, 0.2) is 6.20 Å². The fraction of sp³-hybridized carbons (Fsp3) is 0.333. The summed E-state index contributed by atoms with van der Waals surface area (Å²) in [4.78, 5) is 3.82. The Morgan fingerprint density at radius 1 is 1.64 bits per heavy atom. The molecule has 0 N–H and O–H groups in total. The fourth-order valence-corrected chi connectivity index (χ4v) is 1.37. The van der Waals surface area contributed by atoms with Gasteiger partial charge in [0.25, 0.3) is 6.43 Å². The highest BCUT2D eigenvalue weighted by Gasteiger charge is 2.19. The first-order chi connectivity index (χ1) is 6.61. The van der Waals surface area contributed by atoms with Crippen molar-refractivity contribution in [2.45, 2.75) is 19.2 Å². The molecule has 0 aromatic carbocycles. The highest BCUT2D eigenvalue weighted by molar-refractivity contribution is 6.17. The highest BCUT2D eigenvalue weighted by atomic mass is 35.5. The van der Waals surface area contributed by atoms with Crippen LogP contribution in [0.4, 0.5) is 8.78 Å². The third-order valence-electron chi connectivity index (χ3n) is 1.85. The summed E-state index contributed by atoms with van der Waals surface area (Å²) in [5.74, 6) is -0.0388. The number of alkyl halides is 3. The van der Waals surface area contributed by atoms with E-state index >= 15 is 0 Å². The maximum atomic E-state index is 12.6. The van der Waals surface area contributed by atoms with Crippen LogP contribution >= 0.6 is 11.6 Å². The van der Waals surface area contributed by atoms with Crippen molar-refractivity contribution >= 4 is 11.6 Å². The summed E-state index contributed by atoms with van der Waals surface area (Å²) in [5, 5.41) is 8.72. The van der Waals surface area contributed by atoms with Crippen molar-refractivity contribution in [1.82, 2.24) is 4.98 Å². The first kappa shape index (κ1) is 10.9. The molecule has 0 saturated heterocycles. The molecule has 5 heteroatoms. The predicted octanol–water partition coefficient (Wildman–Crippen LogP) is 2.94. The number of halogens is 3. The van der Waals surface area contributed by atoms with Crippen LogP contribution in [0.5, 0.6) is 0 Å². The Morgan fingerprint density at radius 3 is 2.71 bits per heavy atom. The maximum absolute atomic E-state index is 12.6. The van der Waals surface area contributed by atoms with Gasteiger partial charge in [-0.15, -0.1) is 11.6 Å². The van der Waals surface area contributed by atoms with E-state index in [1.807, 2.05) is 0 Å². The van der Waals surface area contributed by atoms with Gasteiger partial charge in [0.15, 0.2) is 0 Å². The second-order valence-electron chi connectivity index (χ2n) is 2.72. The number of nitriles is 1. The van der Waals surface area contributed by atoms with E-state index < -0.39 is 6.43 Å². The smallest absolute Gasteiger partial charge is 0.258 e. The van der Waals surface area contributed by atoms with Crippen molar-refractivity contribution in [3.63, 3.8) is 0 Å². The SMILES string of the molecule is Cc1cnc(CCl)c(C#N)c1C(F)F. The zero-order valence-corrected chi connectivity index (χ0v) is 8.15. The number of hydrogen-bond donors (Lipinski definition) is 0. The van der Waals surface area contributed by atoms with Crippen molar-refractivity contribution in [3.8, 4) is 6.07 Å². The molecule has 0 aliphatic rings. The molecular formula is C9H7ClF2N2. The second-order valence-corrected chi connectivity index (χ2v) is 2.99. The van der Waals surface area contributed by atoms with Gasteiger partial charge in [-0.25, -0.2) is 8.78 Å². The largest absolute Gasteiger partial charge is 0.265 e. The van der Waals surface area contributed by atoms with E-state index in [2.05, 4.69) is 4.98 Å². The predicted molar refractivity (Wildman–Crippen MR) is 48.2 cm³/mol. The van der Waals surface area contributed by atoms with Gasteiger partial charge < -0.3 is 0 Å². The number of nitrogens with zero attached hydrogens (tertiary/aromatic N) is 2. The summed E-state index contributed by atoms with van der Waals surface area (Å²) in [5.41, 5.74) is 0.147. The Hall–Kier alpha value is -1.21. The zero-order valence-electron chi connectivity index (χ0n) is 7.39. The van der Waals surface area contributed by atoms with E-state index in [0.29, 0.717) is 5.56 Å². The first-order valence-corrected chi connectivity index (χ1v) is 4.37. The average molecular weight is 217 g/mol. The number of aryl methyl sites for hydroxylation is 1. The molecule has 1 rings (SSSR count). The van der Waals surface area contributed by atoms with Crippen LogP contribution in [0, 0.1) is 18.3 Å². The van der Waals surface area contributed by atoms with Gasteiger partial charge >= 0.3 is 0 Å². The van der Waals surface area contributed by atoms with Gasteiger partial charge in [-0.2, -0.15) is 5.26 Å². The van der Waals surface area contributed by atoms with Crippen molar-refractivity contribution in [1.29, 1.82) is 5.26 Å². The van der Waals surface area contributed by atoms with Gasteiger partial charge in [0.1, 0.15) is 6.07 Å². The van der Waals surface area contributed by atoms with Crippen molar-refractivity contribution in [2.24, 2.45) is 0 Å². The molecule has 0 atom stereocenters. The van der Waals surface area contributed by atoms with Crippen molar-refractivity contribution in [2.75, 3.05) is 0 Å². The molecule has 0 spiro atoms. The Bertz CT molecular complexity index is 385. The lowest BCUT2D eigenvalue weighted by molar-refractivity contribution is 0.150. The molecule has 0 radical (unpaired) electrons. The molecule has 0 unspecified atom stereocenters. The molecule has 0 bridgehead atoms. The average Bonchev–Trinajstić information content (AvgIpc) is 2.16. The molecule has 2 nitrogen and oxygen atoms in total. The molecule has 14 heavy (non-hydrogen) atoms. The van der Waals surface area contributed by atoms with Gasteiger partial charge in [0.2, 0.25) is 0 Å². The van der Waals surface area contributed by atoms with E-state index in [-0.39, 0.29) is 22.7 Å². The summed E-state index contributed by atoms with van der Waals surface area (Å²) in [7, 11) is 0. The Kier molecular flexibility index (Phi) is 3.37. The molecule has 0 aliphatic heterocycles.